The molecule has 0 amide bonds. The summed E-state index contributed by atoms with van der Waals surface area (Å²) in [6, 6.07) is 56.6. The summed E-state index contributed by atoms with van der Waals surface area (Å²) in [7, 11) is 0. The number of benzene rings is 7. The fourth-order valence-electron chi connectivity index (χ4n) is 7.29. The van der Waals surface area contributed by atoms with Gasteiger partial charge in [-0.1, -0.05) is 97.1 Å². The average Bonchev–Trinajstić information content (AvgIpc) is 3.67. The first kappa shape index (κ1) is 27.4. The van der Waals surface area contributed by atoms with Crippen LogP contribution in [0.5, 0.6) is 0 Å². The van der Waals surface area contributed by atoms with Gasteiger partial charge in [-0.15, -0.1) is 0 Å². The minimum atomic E-state index is 0.544. The van der Waals surface area contributed by atoms with Gasteiger partial charge in [0.25, 0.3) is 0 Å². The van der Waals surface area contributed by atoms with E-state index in [1.807, 2.05) is 36.4 Å². The van der Waals surface area contributed by atoms with E-state index < -0.39 is 0 Å². The maximum Gasteiger partial charge on any atom is 0.187 e. The lowest BCUT2D eigenvalue weighted by Crippen LogP contribution is -1.99. The number of nitriles is 1. The largest absolute Gasteiger partial charge is 0.309 e. The Morgan fingerprint density at radius 1 is 0.479 bits per heavy atom. The number of nitrogens with zero attached hydrogens (tertiary/aromatic N) is 4. The van der Waals surface area contributed by atoms with Crippen molar-refractivity contribution in [1.29, 1.82) is 5.26 Å². The summed E-state index contributed by atoms with van der Waals surface area (Å²) in [6.07, 6.45) is 0. The SMILES string of the molecule is [C-]#[N+]c1ccc(-c2cccc(-n3c4ccccc4c4ccccc43)c2)c(-c2cc(C#N)ccc2-n2c3ccccc3c3ccccc32)c1. The number of para-hydroxylation sites is 4. The Bertz CT molecular complexity index is 2710. The van der Waals surface area contributed by atoms with Gasteiger partial charge in [-0.3, -0.25) is 0 Å². The van der Waals surface area contributed by atoms with Gasteiger partial charge in [0.15, 0.2) is 5.69 Å². The molecule has 0 aliphatic carbocycles. The van der Waals surface area contributed by atoms with Crippen molar-refractivity contribution in [2.24, 2.45) is 0 Å². The summed E-state index contributed by atoms with van der Waals surface area (Å²) >= 11 is 0. The van der Waals surface area contributed by atoms with Crippen LogP contribution in [0.15, 0.2) is 158 Å². The predicted octanol–water partition coefficient (Wildman–Crippen LogP) is 11.6. The van der Waals surface area contributed by atoms with Gasteiger partial charge in [-0.2, -0.15) is 5.26 Å². The van der Waals surface area contributed by atoms with Gasteiger partial charge < -0.3 is 9.13 Å². The Hall–Kier alpha value is -6.88. The molecule has 0 fully saturated rings. The van der Waals surface area contributed by atoms with Gasteiger partial charge in [0, 0.05) is 32.8 Å². The Labute approximate surface area is 277 Å². The third-order valence-electron chi connectivity index (χ3n) is 9.36. The van der Waals surface area contributed by atoms with Gasteiger partial charge in [-0.25, -0.2) is 4.85 Å². The van der Waals surface area contributed by atoms with E-state index in [9.17, 15) is 5.26 Å². The second-order valence-electron chi connectivity index (χ2n) is 12.0. The Morgan fingerprint density at radius 3 is 1.60 bits per heavy atom. The van der Waals surface area contributed by atoms with Crippen molar-refractivity contribution >= 4 is 49.3 Å². The molecule has 2 aromatic heterocycles. The number of hydrogen-bond acceptors (Lipinski definition) is 1. The zero-order chi connectivity index (χ0) is 32.2. The molecule has 0 atom stereocenters. The lowest BCUT2D eigenvalue weighted by molar-refractivity contribution is 1.18. The van der Waals surface area contributed by atoms with Crippen molar-refractivity contribution in [2.75, 3.05) is 0 Å². The van der Waals surface area contributed by atoms with E-state index in [-0.39, 0.29) is 0 Å². The molecule has 0 bridgehead atoms. The molecule has 0 radical (unpaired) electrons. The highest BCUT2D eigenvalue weighted by Crippen LogP contribution is 2.42. The highest BCUT2D eigenvalue weighted by molar-refractivity contribution is 6.11. The topological polar surface area (TPSA) is 38.0 Å². The molecule has 0 unspecified atom stereocenters. The molecule has 4 nitrogen and oxygen atoms in total. The third-order valence-corrected chi connectivity index (χ3v) is 9.36. The number of hydrogen-bond donors (Lipinski definition) is 0. The van der Waals surface area contributed by atoms with Crippen LogP contribution in [0.3, 0.4) is 0 Å². The van der Waals surface area contributed by atoms with E-state index in [4.69, 9.17) is 6.57 Å². The van der Waals surface area contributed by atoms with Crippen LogP contribution >= 0.6 is 0 Å². The Morgan fingerprint density at radius 2 is 1.04 bits per heavy atom. The molecule has 9 rings (SSSR count). The molecule has 222 valence electrons. The van der Waals surface area contributed by atoms with Crippen LogP contribution in [-0.4, -0.2) is 9.13 Å². The van der Waals surface area contributed by atoms with Gasteiger partial charge in [0.2, 0.25) is 0 Å². The van der Waals surface area contributed by atoms with E-state index in [0.29, 0.717) is 11.3 Å². The summed E-state index contributed by atoms with van der Waals surface area (Å²) < 4.78 is 4.60. The fraction of sp³-hybridized carbons (Fsp3) is 0. The van der Waals surface area contributed by atoms with Crippen molar-refractivity contribution in [3.63, 3.8) is 0 Å². The summed E-state index contributed by atoms with van der Waals surface area (Å²) in [5.74, 6) is 0. The molecule has 0 N–H and O–H groups in total. The minimum Gasteiger partial charge on any atom is -0.309 e. The van der Waals surface area contributed by atoms with Gasteiger partial charge in [0.1, 0.15) is 0 Å². The summed E-state index contributed by atoms with van der Waals surface area (Å²) in [6.45, 7) is 7.91. The zero-order valence-corrected chi connectivity index (χ0v) is 25.8. The molecule has 0 aliphatic rings. The molecule has 0 spiro atoms. The lowest BCUT2D eigenvalue weighted by Gasteiger charge is -2.18. The van der Waals surface area contributed by atoms with Crippen molar-refractivity contribution in [1.82, 2.24) is 9.13 Å². The van der Waals surface area contributed by atoms with E-state index in [1.165, 1.54) is 10.8 Å². The molecule has 9 aromatic rings. The summed E-state index contributed by atoms with van der Waals surface area (Å²) in [4.78, 5) is 3.83. The van der Waals surface area contributed by atoms with Crippen molar-refractivity contribution in [3.8, 4) is 39.7 Å². The lowest BCUT2D eigenvalue weighted by atomic mass is 9.91. The maximum absolute atomic E-state index is 10.1. The normalized spacial score (nSPS) is 11.3. The first-order valence-corrected chi connectivity index (χ1v) is 15.9. The monoisotopic (exact) mass is 610 g/mol. The highest BCUT2D eigenvalue weighted by atomic mass is 15.0. The molecular weight excluding hydrogens is 585 g/mol. The zero-order valence-electron chi connectivity index (χ0n) is 25.8. The molecule has 48 heavy (non-hydrogen) atoms. The molecule has 7 aromatic carbocycles. The van der Waals surface area contributed by atoms with Crippen molar-refractivity contribution in [3.05, 3.63) is 175 Å². The first-order chi connectivity index (χ1) is 23.7. The highest BCUT2D eigenvalue weighted by Gasteiger charge is 2.19. The quantitative estimate of drug-likeness (QED) is 0.183. The fourth-order valence-corrected chi connectivity index (χ4v) is 7.29. The van der Waals surface area contributed by atoms with Crippen LogP contribution in [0.2, 0.25) is 0 Å². The van der Waals surface area contributed by atoms with Crippen molar-refractivity contribution < 1.29 is 0 Å². The molecule has 0 saturated carbocycles. The molecular formula is C44H26N4. The van der Waals surface area contributed by atoms with Crippen LogP contribution in [0.4, 0.5) is 5.69 Å². The van der Waals surface area contributed by atoms with Crippen molar-refractivity contribution in [2.45, 2.75) is 0 Å². The molecule has 4 heteroatoms. The van der Waals surface area contributed by atoms with E-state index in [0.717, 1.165) is 66.5 Å². The molecule has 0 aliphatic heterocycles. The number of rotatable bonds is 4. The van der Waals surface area contributed by atoms with Gasteiger partial charge in [0.05, 0.1) is 46.0 Å². The van der Waals surface area contributed by atoms with E-state index >= 15 is 0 Å². The van der Waals surface area contributed by atoms with E-state index in [2.05, 4.69) is 141 Å². The van der Waals surface area contributed by atoms with Crippen LogP contribution in [0.25, 0.3) is 82.1 Å². The maximum atomic E-state index is 10.1. The van der Waals surface area contributed by atoms with Crippen LogP contribution in [-0.2, 0) is 0 Å². The van der Waals surface area contributed by atoms with Crippen LogP contribution in [0, 0.1) is 17.9 Å². The second-order valence-corrected chi connectivity index (χ2v) is 12.0. The molecule has 0 saturated heterocycles. The van der Waals surface area contributed by atoms with Crippen LogP contribution in [0.1, 0.15) is 5.56 Å². The van der Waals surface area contributed by atoms with Gasteiger partial charge in [-0.05, 0) is 77.4 Å². The predicted molar refractivity (Wildman–Crippen MR) is 197 cm³/mol. The third kappa shape index (κ3) is 4.14. The molecule has 2 heterocycles. The van der Waals surface area contributed by atoms with Crippen LogP contribution < -0.4 is 0 Å². The van der Waals surface area contributed by atoms with E-state index in [1.54, 1.807) is 0 Å². The first-order valence-electron chi connectivity index (χ1n) is 15.9. The second kappa shape index (κ2) is 10.9. The summed E-state index contributed by atoms with van der Waals surface area (Å²) in [5.41, 5.74) is 11.4. The minimum absolute atomic E-state index is 0.544. The number of aromatic nitrogens is 2. The van der Waals surface area contributed by atoms with Gasteiger partial charge >= 0.3 is 0 Å². The smallest absolute Gasteiger partial charge is 0.187 e. The summed E-state index contributed by atoms with van der Waals surface area (Å²) in [5, 5.41) is 14.8. The number of fused-ring (bicyclic) bond motifs is 6. The Balaban J connectivity index is 1.32. The Kier molecular flexibility index (Phi) is 6.22. The average molecular weight is 611 g/mol. The standard InChI is InChI=1S/C44H26N4/c1-46-31-22-23-33(30-11-10-12-32(26-30)47-40-17-6-2-13-34(40)35-14-3-7-18-41(35)47)38(27-31)39-25-29(28-45)21-24-44(39)48-42-19-8-4-15-36(42)37-16-5-9-20-43(37)48/h2-27H.